The highest BCUT2D eigenvalue weighted by Gasteiger charge is 2.26. The normalized spacial score (nSPS) is 15.2. The molecule has 0 aliphatic carbocycles. The number of para-hydroxylation sites is 1. The third-order valence-electron chi connectivity index (χ3n) is 5.03. The molecule has 2 aromatic carbocycles. The summed E-state index contributed by atoms with van der Waals surface area (Å²) in [5, 5.41) is 3.83. The minimum Gasteiger partial charge on any atom is -0.359 e. The zero-order valence-corrected chi connectivity index (χ0v) is 14.9. The molecule has 0 saturated carbocycles. The average molecular weight is 346 g/mol. The molecule has 1 N–H and O–H groups in total. The standard InChI is InChI=1S/C21H22N4O/c1-22-21(26)16-11-13-25(14-12-16)20-17-9-5-6-10-18(17)23-19(24-20)15-7-3-2-4-8-15/h2-10,16H,11-14H2,1H3,(H,22,26). The monoisotopic (exact) mass is 346 g/mol. The van der Waals surface area contributed by atoms with Crippen LogP contribution in [0.4, 0.5) is 5.82 Å². The third kappa shape index (κ3) is 3.12. The zero-order valence-electron chi connectivity index (χ0n) is 14.9. The van der Waals surface area contributed by atoms with Crippen LogP contribution in [-0.4, -0.2) is 36.0 Å². The van der Waals surface area contributed by atoms with Gasteiger partial charge in [-0.3, -0.25) is 4.79 Å². The number of nitrogens with one attached hydrogen (secondary N) is 1. The quantitative estimate of drug-likeness (QED) is 0.791. The molecule has 1 amide bonds. The summed E-state index contributed by atoms with van der Waals surface area (Å²) in [4.78, 5) is 23.8. The van der Waals surface area contributed by atoms with Gasteiger partial charge in [-0.15, -0.1) is 0 Å². The molecule has 0 unspecified atom stereocenters. The highest BCUT2D eigenvalue weighted by molar-refractivity contribution is 5.91. The van der Waals surface area contributed by atoms with E-state index in [2.05, 4.69) is 16.3 Å². The summed E-state index contributed by atoms with van der Waals surface area (Å²) < 4.78 is 0. The Balaban J connectivity index is 1.71. The molecule has 0 radical (unpaired) electrons. The zero-order chi connectivity index (χ0) is 17.9. The molecular formula is C21H22N4O. The Labute approximate surface area is 153 Å². The number of rotatable bonds is 3. The maximum Gasteiger partial charge on any atom is 0.222 e. The van der Waals surface area contributed by atoms with Crippen LogP contribution >= 0.6 is 0 Å². The number of fused-ring (bicyclic) bond motifs is 1. The van der Waals surface area contributed by atoms with Gasteiger partial charge in [-0.2, -0.15) is 0 Å². The third-order valence-corrected chi connectivity index (χ3v) is 5.03. The van der Waals surface area contributed by atoms with Crippen molar-refractivity contribution in [3.63, 3.8) is 0 Å². The van der Waals surface area contributed by atoms with Gasteiger partial charge in [-0.25, -0.2) is 9.97 Å². The van der Waals surface area contributed by atoms with Gasteiger partial charge in [0.15, 0.2) is 5.82 Å². The van der Waals surface area contributed by atoms with E-state index in [9.17, 15) is 4.79 Å². The first-order chi connectivity index (χ1) is 12.8. The second-order valence-corrected chi connectivity index (χ2v) is 6.63. The summed E-state index contributed by atoms with van der Waals surface area (Å²) in [5.74, 6) is 1.94. The fourth-order valence-electron chi connectivity index (χ4n) is 3.57. The van der Waals surface area contributed by atoms with E-state index in [4.69, 9.17) is 9.97 Å². The molecule has 26 heavy (non-hydrogen) atoms. The van der Waals surface area contributed by atoms with E-state index >= 15 is 0 Å². The number of nitrogens with zero attached hydrogens (tertiary/aromatic N) is 3. The first-order valence-corrected chi connectivity index (χ1v) is 9.05. The first-order valence-electron chi connectivity index (χ1n) is 9.05. The van der Waals surface area contributed by atoms with E-state index in [1.807, 2.05) is 48.5 Å². The fourth-order valence-corrected chi connectivity index (χ4v) is 3.57. The van der Waals surface area contributed by atoms with E-state index in [1.165, 1.54) is 0 Å². The second-order valence-electron chi connectivity index (χ2n) is 6.63. The number of carbonyl (C=O) groups excluding carboxylic acids is 1. The van der Waals surface area contributed by atoms with E-state index < -0.39 is 0 Å². The van der Waals surface area contributed by atoms with E-state index in [0.717, 1.165) is 54.0 Å². The van der Waals surface area contributed by atoms with E-state index in [1.54, 1.807) is 7.05 Å². The van der Waals surface area contributed by atoms with Gasteiger partial charge in [0.2, 0.25) is 5.91 Å². The Morgan fingerprint density at radius 3 is 2.42 bits per heavy atom. The van der Waals surface area contributed by atoms with Crippen molar-refractivity contribution < 1.29 is 4.79 Å². The number of hydrogen-bond donors (Lipinski definition) is 1. The molecule has 1 saturated heterocycles. The Morgan fingerprint density at radius 2 is 1.69 bits per heavy atom. The van der Waals surface area contributed by atoms with E-state index in [0.29, 0.717) is 0 Å². The van der Waals surface area contributed by atoms with Crippen molar-refractivity contribution >= 4 is 22.6 Å². The van der Waals surface area contributed by atoms with Crippen LogP contribution in [0.1, 0.15) is 12.8 Å². The van der Waals surface area contributed by atoms with Crippen molar-refractivity contribution in [3.05, 3.63) is 54.6 Å². The predicted molar refractivity (Wildman–Crippen MR) is 104 cm³/mol. The van der Waals surface area contributed by atoms with Gasteiger partial charge in [0.25, 0.3) is 0 Å². The lowest BCUT2D eigenvalue weighted by atomic mass is 9.96. The topological polar surface area (TPSA) is 58.1 Å². The van der Waals surface area contributed by atoms with Gasteiger partial charge in [-0.1, -0.05) is 42.5 Å². The molecule has 5 heteroatoms. The maximum absolute atomic E-state index is 11.9. The lowest BCUT2D eigenvalue weighted by molar-refractivity contribution is -0.125. The molecule has 1 aliphatic heterocycles. The molecule has 5 nitrogen and oxygen atoms in total. The lowest BCUT2D eigenvalue weighted by Crippen LogP contribution is -2.40. The van der Waals surface area contributed by atoms with E-state index in [-0.39, 0.29) is 11.8 Å². The number of benzene rings is 2. The van der Waals surface area contributed by atoms with Crippen LogP contribution in [0.2, 0.25) is 0 Å². The highest BCUT2D eigenvalue weighted by Crippen LogP contribution is 2.30. The van der Waals surface area contributed by atoms with Gasteiger partial charge < -0.3 is 10.2 Å². The number of carbonyl (C=O) groups is 1. The van der Waals surface area contributed by atoms with Crippen LogP contribution < -0.4 is 10.2 Å². The number of hydrogen-bond acceptors (Lipinski definition) is 4. The molecule has 4 rings (SSSR count). The summed E-state index contributed by atoms with van der Waals surface area (Å²) in [7, 11) is 1.71. The molecule has 0 atom stereocenters. The minimum atomic E-state index is 0.0953. The molecule has 132 valence electrons. The average Bonchev–Trinajstić information content (AvgIpc) is 2.73. The van der Waals surface area contributed by atoms with Gasteiger partial charge in [0.1, 0.15) is 5.82 Å². The number of anilines is 1. The Hall–Kier alpha value is -2.95. The van der Waals surface area contributed by atoms with Crippen LogP contribution in [0.25, 0.3) is 22.3 Å². The molecule has 1 aliphatic rings. The van der Waals surface area contributed by atoms with Crippen LogP contribution in [-0.2, 0) is 4.79 Å². The molecule has 0 bridgehead atoms. The summed E-state index contributed by atoms with van der Waals surface area (Å²) in [6, 6.07) is 18.2. The minimum absolute atomic E-state index is 0.0953. The van der Waals surface area contributed by atoms with Gasteiger partial charge in [-0.05, 0) is 25.0 Å². The largest absolute Gasteiger partial charge is 0.359 e. The molecule has 3 aromatic rings. The van der Waals surface area contributed by atoms with Crippen molar-refractivity contribution in [1.29, 1.82) is 0 Å². The van der Waals surface area contributed by atoms with Crippen molar-refractivity contribution in [2.45, 2.75) is 12.8 Å². The van der Waals surface area contributed by atoms with Gasteiger partial charge >= 0.3 is 0 Å². The number of aromatic nitrogens is 2. The molecule has 2 heterocycles. The highest BCUT2D eigenvalue weighted by atomic mass is 16.1. The van der Waals surface area contributed by atoms with Crippen molar-refractivity contribution in [2.24, 2.45) is 5.92 Å². The van der Waals surface area contributed by atoms with Crippen LogP contribution in [0, 0.1) is 5.92 Å². The molecular weight excluding hydrogens is 324 g/mol. The predicted octanol–water partition coefficient (Wildman–Crippen LogP) is 3.26. The molecule has 1 aromatic heterocycles. The summed E-state index contributed by atoms with van der Waals surface area (Å²) >= 11 is 0. The second kappa shape index (κ2) is 7.12. The Kier molecular flexibility index (Phi) is 4.52. The van der Waals surface area contributed by atoms with Gasteiger partial charge in [0, 0.05) is 37.0 Å². The fraction of sp³-hybridized carbons (Fsp3) is 0.286. The summed E-state index contributed by atoms with van der Waals surface area (Å²) in [5.41, 5.74) is 1.96. The molecule has 0 spiro atoms. The Morgan fingerprint density at radius 1 is 1.00 bits per heavy atom. The smallest absolute Gasteiger partial charge is 0.222 e. The van der Waals surface area contributed by atoms with Crippen molar-refractivity contribution in [1.82, 2.24) is 15.3 Å². The summed E-state index contributed by atoms with van der Waals surface area (Å²) in [6.45, 7) is 1.65. The Bertz CT molecular complexity index is 918. The van der Waals surface area contributed by atoms with Crippen LogP contribution in [0.15, 0.2) is 54.6 Å². The maximum atomic E-state index is 11.9. The van der Waals surface area contributed by atoms with Crippen molar-refractivity contribution in [3.8, 4) is 11.4 Å². The molecule has 1 fully saturated rings. The van der Waals surface area contributed by atoms with Crippen LogP contribution in [0.5, 0.6) is 0 Å². The SMILES string of the molecule is CNC(=O)C1CCN(c2nc(-c3ccccc3)nc3ccccc23)CC1. The number of amides is 1. The lowest BCUT2D eigenvalue weighted by Gasteiger charge is -2.32. The van der Waals surface area contributed by atoms with Crippen LogP contribution in [0.3, 0.4) is 0 Å². The number of piperidine rings is 1. The first kappa shape index (κ1) is 16.5. The van der Waals surface area contributed by atoms with Gasteiger partial charge in [0.05, 0.1) is 5.52 Å². The summed E-state index contributed by atoms with van der Waals surface area (Å²) in [6.07, 6.45) is 1.69. The van der Waals surface area contributed by atoms with Crippen molar-refractivity contribution in [2.75, 3.05) is 25.0 Å².